The zero-order valence-electron chi connectivity index (χ0n) is 16.8. The van der Waals surface area contributed by atoms with Gasteiger partial charge in [0.15, 0.2) is 6.61 Å². The van der Waals surface area contributed by atoms with E-state index in [1.807, 2.05) is 36.4 Å². The van der Waals surface area contributed by atoms with Gasteiger partial charge in [-0.05, 0) is 44.2 Å². The van der Waals surface area contributed by atoms with Crippen molar-refractivity contribution in [3.8, 4) is 5.75 Å². The van der Waals surface area contributed by atoms with E-state index in [2.05, 4.69) is 42.5 Å². The molecule has 2 amide bonds. The number of ether oxygens (including phenoxy) is 1. The van der Waals surface area contributed by atoms with Gasteiger partial charge in [-0.15, -0.1) is 0 Å². The average Bonchev–Trinajstić information content (AvgIpc) is 2.70. The van der Waals surface area contributed by atoms with E-state index < -0.39 is 0 Å². The monoisotopic (exact) mass is 383 g/mol. The Morgan fingerprint density at radius 2 is 1.57 bits per heavy atom. The molecule has 2 aromatic carbocycles. The zero-order valence-corrected chi connectivity index (χ0v) is 16.8. The van der Waals surface area contributed by atoms with Gasteiger partial charge in [0.05, 0.1) is 6.54 Å². The molecule has 0 bridgehead atoms. The van der Waals surface area contributed by atoms with E-state index in [1.54, 1.807) is 12.1 Å². The number of nitrogens with zero attached hydrogens (tertiary/aromatic N) is 1. The second kappa shape index (κ2) is 11.1. The standard InChI is InChI=1S/C22H29N3O3/c1-17(2)25(3)15-19-10-8-7-9-18(19)13-23-21(26)14-24-22(27)16-28-20-11-5-4-6-12-20/h4-12,17H,13-16H2,1-3H3,(H,23,26)(H,24,27). The third-order valence-electron chi connectivity index (χ3n) is 4.45. The van der Waals surface area contributed by atoms with E-state index in [1.165, 1.54) is 5.56 Å². The topological polar surface area (TPSA) is 70.7 Å². The second-order valence-electron chi connectivity index (χ2n) is 6.93. The first-order chi connectivity index (χ1) is 13.5. The van der Waals surface area contributed by atoms with Crippen molar-refractivity contribution in [2.24, 2.45) is 0 Å². The lowest BCUT2D eigenvalue weighted by Crippen LogP contribution is -2.38. The fourth-order valence-electron chi connectivity index (χ4n) is 2.49. The molecule has 150 valence electrons. The molecule has 6 heteroatoms. The molecule has 0 aromatic heterocycles. The number of para-hydroxylation sites is 1. The highest BCUT2D eigenvalue weighted by atomic mass is 16.5. The molecule has 0 unspecified atom stereocenters. The van der Waals surface area contributed by atoms with Crippen LogP contribution >= 0.6 is 0 Å². The third-order valence-corrected chi connectivity index (χ3v) is 4.45. The van der Waals surface area contributed by atoms with E-state index in [0.717, 1.165) is 12.1 Å². The van der Waals surface area contributed by atoms with Crippen LogP contribution in [0, 0.1) is 0 Å². The minimum atomic E-state index is -0.335. The smallest absolute Gasteiger partial charge is 0.258 e. The predicted molar refractivity (Wildman–Crippen MR) is 110 cm³/mol. The highest BCUT2D eigenvalue weighted by Crippen LogP contribution is 2.12. The summed E-state index contributed by atoms with van der Waals surface area (Å²) in [5, 5.41) is 5.42. The highest BCUT2D eigenvalue weighted by Gasteiger charge is 2.10. The van der Waals surface area contributed by atoms with Gasteiger partial charge in [-0.3, -0.25) is 14.5 Å². The maximum absolute atomic E-state index is 12.1. The van der Waals surface area contributed by atoms with E-state index in [9.17, 15) is 9.59 Å². The maximum atomic E-state index is 12.1. The lowest BCUT2D eigenvalue weighted by molar-refractivity contribution is -0.127. The summed E-state index contributed by atoms with van der Waals surface area (Å²) in [5.74, 6) is 0.0445. The van der Waals surface area contributed by atoms with Gasteiger partial charge < -0.3 is 15.4 Å². The van der Waals surface area contributed by atoms with Crippen molar-refractivity contribution < 1.29 is 14.3 Å². The minimum Gasteiger partial charge on any atom is -0.484 e. The number of nitrogens with one attached hydrogen (secondary N) is 2. The molecule has 0 aliphatic carbocycles. The number of amides is 2. The van der Waals surface area contributed by atoms with Crippen LogP contribution in [0.3, 0.4) is 0 Å². The average molecular weight is 383 g/mol. The van der Waals surface area contributed by atoms with Gasteiger partial charge in [0.25, 0.3) is 5.91 Å². The van der Waals surface area contributed by atoms with Crippen LogP contribution in [0.1, 0.15) is 25.0 Å². The SMILES string of the molecule is CC(C)N(C)Cc1ccccc1CNC(=O)CNC(=O)COc1ccccc1. The van der Waals surface area contributed by atoms with Crippen LogP contribution in [0.4, 0.5) is 0 Å². The van der Waals surface area contributed by atoms with E-state index >= 15 is 0 Å². The van der Waals surface area contributed by atoms with Gasteiger partial charge in [-0.25, -0.2) is 0 Å². The van der Waals surface area contributed by atoms with Crippen molar-refractivity contribution in [1.29, 1.82) is 0 Å². The van der Waals surface area contributed by atoms with Crippen molar-refractivity contribution in [2.45, 2.75) is 33.0 Å². The molecule has 0 saturated heterocycles. The fraction of sp³-hybridized carbons (Fsp3) is 0.364. The summed E-state index contributed by atoms with van der Waals surface area (Å²) in [6.45, 7) is 5.34. The lowest BCUT2D eigenvalue weighted by atomic mass is 10.1. The molecular formula is C22H29N3O3. The Labute approximate surface area is 166 Å². The van der Waals surface area contributed by atoms with Gasteiger partial charge in [0, 0.05) is 19.1 Å². The molecule has 0 spiro atoms. The third kappa shape index (κ3) is 7.40. The minimum absolute atomic E-state index is 0.0783. The fourth-order valence-corrected chi connectivity index (χ4v) is 2.49. The Morgan fingerprint density at radius 1 is 0.929 bits per heavy atom. The van der Waals surface area contributed by atoms with Crippen molar-refractivity contribution in [3.05, 3.63) is 65.7 Å². The molecule has 0 radical (unpaired) electrons. The number of carbonyl (C=O) groups is 2. The number of rotatable bonds is 10. The first-order valence-electron chi connectivity index (χ1n) is 9.44. The Morgan fingerprint density at radius 3 is 2.25 bits per heavy atom. The van der Waals surface area contributed by atoms with Crippen LogP contribution in [-0.2, 0) is 22.7 Å². The molecule has 28 heavy (non-hydrogen) atoms. The Bertz CT molecular complexity index is 763. The Kier molecular flexibility index (Phi) is 8.49. The first kappa shape index (κ1) is 21.4. The van der Waals surface area contributed by atoms with E-state index in [4.69, 9.17) is 4.74 Å². The van der Waals surface area contributed by atoms with Crippen molar-refractivity contribution >= 4 is 11.8 Å². The molecule has 0 atom stereocenters. The predicted octanol–water partition coefficient (Wildman–Crippen LogP) is 2.34. The molecule has 0 heterocycles. The van der Waals surface area contributed by atoms with Crippen molar-refractivity contribution in [2.75, 3.05) is 20.2 Å². The molecule has 2 N–H and O–H groups in total. The normalized spacial score (nSPS) is 10.8. The Hall–Kier alpha value is -2.86. The summed E-state index contributed by atoms with van der Waals surface area (Å²) < 4.78 is 5.35. The molecular weight excluding hydrogens is 354 g/mol. The number of carbonyl (C=O) groups excluding carboxylic acids is 2. The van der Waals surface area contributed by atoms with Crippen LogP contribution < -0.4 is 15.4 Å². The number of benzene rings is 2. The number of hydrogen-bond donors (Lipinski definition) is 2. The molecule has 2 aromatic rings. The highest BCUT2D eigenvalue weighted by molar-refractivity contribution is 5.85. The van der Waals surface area contributed by atoms with Crippen LogP contribution in [0.2, 0.25) is 0 Å². The van der Waals surface area contributed by atoms with Crippen LogP contribution in [0.25, 0.3) is 0 Å². The molecule has 0 aliphatic rings. The molecule has 0 fully saturated rings. The molecule has 0 aliphatic heterocycles. The quantitative estimate of drug-likeness (QED) is 0.661. The van der Waals surface area contributed by atoms with Crippen LogP contribution in [-0.4, -0.2) is 43.0 Å². The summed E-state index contributed by atoms with van der Waals surface area (Å²) in [4.78, 5) is 26.1. The van der Waals surface area contributed by atoms with E-state index in [-0.39, 0.29) is 25.0 Å². The zero-order chi connectivity index (χ0) is 20.4. The second-order valence-corrected chi connectivity index (χ2v) is 6.93. The first-order valence-corrected chi connectivity index (χ1v) is 9.44. The van der Waals surface area contributed by atoms with Crippen molar-refractivity contribution in [3.63, 3.8) is 0 Å². The summed E-state index contributed by atoms with van der Waals surface area (Å²) in [5.41, 5.74) is 2.25. The van der Waals surface area contributed by atoms with Crippen LogP contribution in [0.15, 0.2) is 54.6 Å². The summed E-state index contributed by atoms with van der Waals surface area (Å²) >= 11 is 0. The van der Waals surface area contributed by atoms with Gasteiger partial charge in [0.2, 0.25) is 5.91 Å². The summed E-state index contributed by atoms with van der Waals surface area (Å²) in [6, 6.07) is 17.6. The summed E-state index contributed by atoms with van der Waals surface area (Å²) in [6.07, 6.45) is 0. The largest absolute Gasteiger partial charge is 0.484 e. The lowest BCUT2D eigenvalue weighted by Gasteiger charge is -2.22. The maximum Gasteiger partial charge on any atom is 0.258 e. The number of hydrogen-bond acceptors (Lipinski definition) is 4. The van der Waals surface area contributed by atoms with Crippen molar-refractivity contribution in [1.82, 2.24) is 15.5 Å². The van der Waals surface area contributed by atoms with Gasteiger partial charge >= 0.3 is 0 Å². The van der Waals surface area contributed by atoms with Crippen LogP contribution in [0.5, 0.6) is 5.75 Å². The summed E-state index contributed by atoms with van der Waals surface area (Å²) in [7, 11) is 2.08. The van der Waals surface area contributed by atoms with Gasteiger partial charge in [0.1, 0.15) is 5.75 Å². The molecule has 6 nitrogen and oxygen atoms in total. The molecule has 0 saturated carbocycles. The van der Waals surface area contributed by atoms with E-state index in [0.29, 0.717) is 18.3 Å². The molecule has 2 rings (SSSR count). The Balaban J connectivity index is 1.74. The van der Waals surface area contributed by atoms with Gasteiger partial charge in [-0.1, -0.05) is 42.5 Å². The van der Waals surface area contributed by atoms with Gasteiger partial charge in [-0.2, -0.15) is 0 Å².